The molecule has 8 nitrogen and oxygen atoms in total. The normalized spacial score (nSPS) is 10.0. The van der Waals surface area contributed by atoms with Crippen molar-refractivity contribution < 1.29 is 19.1 Å². The molecule has 110 valence electrons. The summed E-state index contributed by atoms with van der Waals surface area (Å²) in [4.78, 5) is 23.1. The predicted molar refractivity (Wildman–Crippen MR) is 73.0 cm³/mol. The molecule has 0 aliphatic rings. The van der Waals surface area contributed by atoms with Crippen LogP contribution < -0.4 is 10.1 Å². The van der Waals surface area contributed by atoms with E-state index in [1.807, 2.05) is 0 Å². The van der Waals surface area contributed by atoms with Gasteiger partial charge in [0.1, 0.15) is 12.3 Å². The monoisotopic (exact) mass is 290 g/mol. The van der Waals surface area contributed by atoms with Gasteiger partial charge in [-0.25, -0.2) is 9.48 Å². The molecule has 1 N–H and O–H groups in total. The molecule has 1 heterocycles. The van der Waals surface area contributed by atoms with Crippen LogP contribution in [-0.2, 0) is 16.1 Å². The van der Waals surface area contributed by atoms with E-state index in [1.165, 1.54) is 18.0 Å². The number of rotatable bonds is 5. The Morgan fingerprint density at radius 3 is 2.86 bits per heavy atom. The quantitative estimate of drug-likeness (QED) is 0.815. The Morgan fingerprint density at radius 2 is 2.14 bits per heavy atom. The molecule has 1 aromatic carbocycles. The van der Waals surface area contributed by atoms with Gasteiger partial charge in [0.05, 0.1) is 20.4 Å². The minimum atomic E-state index is -0.602. The van der Waals surface area contributed by atoms with Crippen LogP contribution in [0.3, 0.4) is 0 Å². The van der Waals surface area contributed by atoms with Gasteiger partial charge in [-0.2, -0.15) is 0 Å². The van der Waals surface area contributed by atoms with E-state index in [1.54, 1.807) is 31.4 Å². The predicted octanol–water partition coefficient (Wildman–Crippen LogP) is 0.712. The first-order valence-corrected chi connectivity index (χ1v) is 6.04. The maximum atomic E-state index is 11.9. The number of nitrogens with zero attached hydrogens (tertiary/aromatic N) is 3. The molecule has 0 unspecified atom stereocenters. The van der Waals surface area contributed by atoms with Crippen molar-refractivity contribution in [2.45, 2.75) is 6.54 Å². The molecule has 0 saturated heterocycles. The SMILES string of the molecule is COC(=O)c1cn(CC(=O)Nc2cccc(OC)c2)nn1. The van der Waals surface area contributed by atoms with Crippen LogP contribution in [0.15, 0.2) is 30.5 Å². The molecule has 21 heavy (non-hydrogen) atoms. The van der Waals surface area contributed by atoms with Crippen molar-refractivity contribution in [2.75, 3.05) is 19.5 Å². The molecule has 0 spiro atoms. The van der Waals surface area contributed by atoms with Crippen LogP contribution >= 0.6 is 0 Å². The summed E-state index contributed by atoms with van der Waals surface area (Å²) >= 11 is 0. The molecule has 0 aliphatic heterocycles. The van der Waals surface area contributed by atoms with E-state index in [-0.39, 0.29) is 18.1 Å². The van der Waals surface area contributed by atoms with E-state index < -0.39 is 5.97 Å². The number of hydrogen-bond donors (Lipinski definition) is 1. The number of aromatic nitrogens is 3. The van der Waals surface area contributed by atoms with Gasteiger partial charge in [-0.15, -0.1) is 5.10 Å². The van der Waals surface area contributed by atoms with Gasteiger partial charge in [0.2, 0.25) is 5.91 Å². The number of carbonyl (C=O) groups excluding carboxylic acids is 2. The first-order chi connectivity index (χ1) is 10.1. The summed E-state index contributed by atoms with van der Waals surface area (Å²) in [5, 5.41) is 9.99. The van der Waals surface area contributed by atoms with Gasteiger partial charge in [-0.05, 0) is 12.1 Å². The summed E-state index contributed by atoms with van der Waals surface area (Å²) in [6.45, 7) is -0.0682. The second-order valence-corrected chi connectivity index (χ2v) is 4.07. The smallest absolute Gasteiger partial charge is 0.360 e. The largest absolute Gasteiger partial charge is 0.497 e. The van der Waals surface area contributed by atoms with Gasteiger partial charge in [0.15, 0.2) is 5.69 Å². The number of methoxy groups -OCH3 is 2. The van der Waals surface area contributed by atoms with Crippen molar-refractivity contribution >= 4 is 17.6 Å². The molecule has 0 fully saturated rings. The molecule has 0 radical (unpaired) electrons. The fourth-order valence-corrected chi connectivity index (χ4v) is 1.62. The van der Waals surface area contributed by atoms with E-state index in [2.05, 4.69) is 20.4 Å². The fraction of sp³-hybridized carbons (Fsp3) is 0.231. The molecular formula is C13H14N4O4. The van der Waals surface area contributed by atoms with Crippen LogP contribution in [0.4, 0.5) is 5.69 Å². The van der Waals surface area contributed by atoms with Crippen molar-refractivity contribution in [3.8, 4) is 5.75 Å². The van der Waals surface area contributed by atoms with Crippen molar-refractivity contribution in [2.24, 2.45) is 0 Å². The summed E-state index contributed by atoms with van der Waals surface area (Å²) in [7, 11) is 2.79. The van der Waals surface area contributed by atoms with Crippen LogP contribution in [-0.4, -0.2) is 41.1 Å². The number of nitrogens with one attached hydrogen (secondary N) is 1. The topological polar surface area (TPSA) is 95.3 Å². The highest BCUT2D eigenvalue weighted by atomic mass is 16.5. The van der Waals surface area contributed by atoms with Crippen LogP contribution in [0, 0.1) is 0 Å². The third kappa shape index (κ3) is 3.78. The van der Waals surface area contributed by atoms with E-state index in [0.29, 0.717) is 11.4 Å². The highest BCUT2D eigenvalue weighted by molar-refractivity contribution is 5.91. The van der Waals surface area contributed by atoms with Crippen LogP contribution in [0.5, 0.6) is 5.75 Å². The van der Waals surface area contributed by atoms with E-state index in [0.717, 1.165) is 0 Å². The Kier molecular flexibility index (Phi) is 4.50. The Balaban J connectivity index is 1.98. The van der Waals surface area contributed by atoms with E-state index in [9.17, 15) is 9.59 Å². The highest BCUT2D eigenvalue weighted by Gasteiger charge is 2.12. The second kappa shape index (κ2) is 6.51. The molecule has 1 amide bonds. The maximum Gasteiger partial charge on any atom is 0.360 e. The number of carbonyl (C=O) groups is 2. The zero-order valence-corrected chi connectivity index (χ0v) is 11.6. The van der Waals surface area contributed by atoms with Gasteiger partial charge in [0.25, 0.3) is 0 Å². The lowest BCUT2D eigenvalue weighted by atomic mass is 10.3. The van der Waals surface area contributed by atoms with E-state index >= 15 is 0 Å². The van der Waals surface area contributed by atoms with Gasteiger partial charge in [-0.3, -0.25) is 4.79 Å². The molecule has 2 aromatic rings. The van der Waals surface area contributed by atoms with Crippen molar-refractivity contribution in [1.29, 1.82) is 0 Å². The zero-order valence-electron chi connectivity index (χ0n) is 11.6. The lowest BCUT2D eigenvalue weighted by molar-refractivity contribution is -0.116. The standard InChI is InChI=1S/C13H14N4O4/c1-20-10-5-3-4-9(6-10)14-12(18)8-17-7-11(15-16-17)13(19)21-2/h3-7H,8H2,1-2H3,(H,14,18). The lowest BCUT2D eigenvalue weighted by Crippen LogP contribution is -2.19. The Bertz CT molecular complexity index is 653. The number of amides is 1. The number of ether oxygens (including phenoxy) is 2. The summed E-state index contributed by atoms with van der Waals surface area (Å²) in [6.07, 6.45) is 1.34. The summed E-state index contributed by atoms with van der Waals surface area (Å²) in [5.74, 6) is -0.263. The second-order valence-electron chi connectivity index (χ2n) is 4.07. The summed E-state index contributed by atoms with van der Waals surface area (Å²) < 4.78 is 10.8. The van der Waals surface area contributed by atoms with Gasteiger partial charge >= 0.3 is 5.97 Å². The summed E-state index contributed by atoms with van der Waals surface area (Å²) in [6, 6.07) is 6.97. The average Bonchev–Trinajstić information content (AvgIpc) is 2.94. The van der Waals surface area contributed by atoms with Crippen molar-refractivity contribution in [3.05, 3.63) is 36.2 Å². The minimum absolute atomic E-state index is 0.0479. The van der Waals surface area contributed by atoms with Gasteiger partial charge in [-0.1, -0.05) is 11.3 Å². The van der Waals surface area contributed by atoms with Crippen molar-refractivity contribution in [3.63, 3.8) is 0 Å². The Labute approximate surface area is 120 Å². The maximum absolute atomic E-state index is 11.9. The summed E-state index contributed by atoms with van der Waals surface area (Å²) in [5.41, 5.74) is 0.652. The molecule has 2 rings (SSSR count). The third-order valence-corrected chi connectivity index (χ3v) is 2.59. The molecule has 0 aliphatic carbocycles. The highest BCUT2D eigenvalue weighted by Crippen LogP contribution is 2.16. The number of benzene rings is 1. The Morgan fingerprint density at radius 1 is 1.33 bits per heavy atom. The first kappa shape index (κ1) is 14.5. The lowest BCUT2D eigenvalue weighted by Gasteiger charge is -2.06. The Hall–Kier alpha value is -2.90. The minimum Gasteiger partial charge on any atom is -0.497 e. The van der Waals surface area contributed by atoms with Crippen LogP contribution in [0.1, 0.15) is 10.5 Å². The number of hydrogen-bond acceptors (Lipinski definition) is 6. The molecule has 8 heteroatoms. The van der Waals surface area contributed by atoms with E-state index in [4.69, 9.17) is 4.74 Å². The third-order valence-electron chi connectivity index (χ3n) is 2.59. The number of esters is 1. The van der Waals surface area contributed by atoms with Crippen LogP contribution in [0.2, 0.25) is 0 Å². The average molecular weight is 290 g/mol. The van der Waals surface area contributed by atoms with Gasteiger partial charge in [0, 0.05) is 11.8 Å². The first-order valence-electron chi connectivity index (χ1n) is 6.04. The molecule has 0 saturated carbocycles. The number of anilines is 1. The molecule has 0 atom stereocenters. The molecule has 0 bridgehead atoms. The van der Waals surface area contributed by atoms with Crippen LogP contribution in [0.25, 0.3) is 0 Å². The van der Waals surface area contributed by atoms with Crippen molar-refractivity contribution in [1.82, 2.24) is 15.0 Å². The molecule has 1 aromatic heterocycles. The zero-order chi connectivity index (χ0) is 15.2. The fourth-order valence-electron chi connectivity index (χ4n) is 1.62. The molecular weight excluding hydrogens is 276 g/mol. The van der Waals surface area contributed by atoms with Gasteiger partial charge < -0.3 is 14.8 Å².